The van der Waals surface area contributed by atoms with Crippen LogP contribution in [0.15, 0.2) is 0 Å². The van der Waals surface area contributed by atoms with Crippen molar-refractivity contribution in [2.75, 3.05) is 13.2 Å². The Hall–Kier alpha value is -1.63. The third kappa shape index (κ3) is 9.33. The molecule has 2 amide bonds. The third-order valence-corrected chi connectivity index (χ3v) is 2.67. The number of hydrogen-bond acceptors (Lipinski definition) is 4. The summed E-state index contributed by atoms with van der Waals surface area (Å²) in [7, 11) is 0. The molecule has 7 heteroatoms. The molecule has 7 nitrogen and oxygen atoms in total. The van der Waals surface area contributed by atoms with Crippen LogP contribution in [0.2, 0.25) is 0 Å². The summed E-state index contributed by atoms with van der Waals surface area (Å²) in [6.45, 7) is 10.7. The van der Waals surface area contributed by atoms with Gasteiger partial charge in [0, 0.05) is 18.4 Å². The van der Waals surface area contributed by atoms with Crippen LogP contribution in [-0.2, 0) is 19.1 Å². The van der Waals surface area contributed by atoms with E-state index in [1.807, 2.05) is 20.8 Å². The van der Waals surface area contributed by atoms with Gasteiger partial charge in [0.05, 0.1) is 12.1 Å². The summed E-state index contributed by atoms with van der Waals surface area (Å²) in [6.07, 6.45) is 0.158. The summed E-state index contributed by atoms with van der Waals surface area (Å²) in [5.74, 6) is -1.95. The molecular weight excluding hydrogens is 288 g/mol. The van der Waals surface area contributed by atoms with Crippen molar-refractivity contribution in [3.05, 3.63) is 0 Å². The monoisotopic (exact) mass is 316 g/mol. The van der Waals surface area contributed by atoms with Crippen LogP contribution >= 0.6 is 0 Å². The molecule has 0 aliphatic rings. The summed E-state index contributed by atoms with van der Waals surface area (Å²) in [6, 6.07) is -1.04. The molecular formula is C15H28N2O5. The lowest BCUT2D eigenvalue weighted by Gasteiger charge is -2.22. The van der Waals surface area contributed by atoms with Gasteiger partial charge in [0.1, 0.15) is 6.04 Å². The van der Waals surface area contributed by atoms with Gasteiger partial charge in [-0.3, -0.25) is 9.59 Å². The number of carbonyl (C=O) groups excluding carboxylic acids is 2. The van der Waals surface area contributed by atoms with E-state index in [1.54, 1.807) is 20.8 Å². The van der Waals surface area contributed by atoms with E-state index in [9.17, 15) is 14.4 Å². The maximum Gasteiger partial charge on any atom is 0.326 e. The molecule has 0 heterocycles. The SMILES string of the molecule is CC(C)(C)OCCC(NC(=O)CNC(=O)C(C)(C)C)C(=O)O. The van der Waals surface area contributed by atoms with Crippen LogP contribution in [0.5, 0.6) is 0 Å². The van der Waals surface area contributed by atoms with Crippen LogP contribution in [0, 0.1) is 5.41 Å². The smallest absolute Gasteiger partial charge is 0.326 e. The van der Waals surface area contributed by atoms with Crippen LogP contribution in [0.25, 0.3) is 0 Å². The molecule has 3 N–H and O–H groups in total. The van der Waals surface area contributed by atoms with E-state index in [0.29, 0.717) is 0 Å². The fourth-order valence-corrected chi connectivity index (χ4v) is 1.41. The Bertz CT molecular complexity index is 407. The first-order valence-electron chi connectivity index (χ1n) is 7.27. The number of carbonyl (C=O) groups is 3. The maximum atomic E-state index is 11.7. The van der Waals surface area contributed by atoms with Gasteiger partial charge in [-0.25, -0.2) is 4.79 Å². The Morgan fingerprint density at radius 1 is 1.09 bits per heavy atom. The van der Waals surface area contributed by atoms with E-state index < -0.39 is 23.3 Å². The van der Waals surface area contributed by atoms with Crippen molar-refractivity contribution in [3.63, 3.8) is 0 Å². The first kappa shape index (κ1) is 20.4. The van der Waals surface area contributed by atoms with Crippen molar-refractivity contribution in [1.29, 1.82) is 0 Å². The molecule has 0 rings (SSSR count). The van der Waals surface area contributed by atoms with Crippen molar-refractivity contribution in [2.45, 2.75) is 59.6 Å². The predicted molar refractivity (Wildman–Crippen MR) is 82.4 cm³/mol. The molecule has 0 radical (unpaired) electrons. The van der Waals surface area contributed by atoms with Gasteiger partial charge in [-0.2, -0.15) is 0 Å². The maximum absolute atomic E-state index is 11.7. The highest BCUT2D eigenvalue weighted by Gasteiger charge is 2.24. The number of rotatable bonds is 7. The number of aliphatic carboxylic acids is 1. The Morgan fingerprint density at radius 2 is 1.64 bits per heavy atom. The molecule has 0 aromatic carbocycles. The largest absolute Gasteiger partial charge is 0.480 e. The van der Waals surface area contributed by atoms with Gasteiger partial charge in [-0.15, -0.1) is 0 Å². The lowest BCUT2D eigenvalue weighted by atomic mass is 9.96. The average Bonchev–Trinajstić information content (AvgIpc) is 2.31. The van der Waals surface area contributed by atoms with E-state index in [1.165, 1.54) is 0 Å². The zero-order chi connectivity index (χ0) is 17.6. The number of ether oxygens (including phenoxy) is 1. The molecule has 0 saturated carbocycles. The Labute approximate surface area is 131 Å². The minimum Gasteiger partial charge on any atom is -0.480 e. The first-order chi connectivity index (χ1) is 9.83. The Morgan fingerprint density at radius 3 is 2.05 bits per heavy atom. The number of carboxylic acids is 1. The lowest BCUT2D eigenvalue weighted by Crippen LogP contribution is -2.47. The van der Waals surface area contributed by atoms with Crippen LogP contribution in [0.4, 0.5) is 0 Å². The topological polar surface area (TPSA) is 105 Å². The minimum atomic E-state index is -1.13. The van der Waals surface area contributed by atoms with Gasteiger partial charge in [0.25, 0.3) is 0 Å². The summed E-state index contributed by atoms with van der Waals surface area (Å²) >= 11 is 0. The molecule has 0 aliphatic carbocycles. The second-order valence-corrected chi connectivity index (χ2v) is 7.14. The van der Waals surface area contributed by atoms with Crippen molar-refractivity contribution in [1.82, 2.24) is 10.6 Å². The second kappa shape index (κ2) is 8.12. The van der Waals surface area contributed by atoms with Gasteiger partial charge in [0.2, 0.25) is 11.8 Å². The second-order valence-electron chi connectivity index (χ2n) is 7.14. The van der Waals surface area contributed by atoms with E-state index in [4.69, 9.17) is 9.84 Å². The van der Waals surface area contributed by atoms with E-state index >= 15 is 0 Å². The summed E-state index contributed by atoms with van der Waals surface area (Å²) in [5.41, 5.74) is -0.971. The Kier molecular flexibility index (Phi) is 7.52. The molecule has 0 aromatic heterocycles. The lowest BCUT2D eigenvalue weighted by molar-refractivity contribution is -0.142. The molecule has 0 fully saturated rings. The van der Waals surface area contributed by atoms with E-state index in [-0.39, 0.29) is 31.1 Å². The molecule has 0 spiro atoms. The first-order valence-corrected chi connectivity index (χ1v) is 7.27. The van der Waals surface area contributed by atoms with Crippen molar-refractivity contribution in [3.8, 4) is 0 Å². The van der Waals surface area contributed by atoms with Gasteiger partial charge in [-0.05, 0) is 20.8 Å². The molecule has 0 bridgehead atoms. The summed E-state index contributed by atoms with van der Waals surface area (Å²) in [5, 5.41) is 13.9. The molecule has 128 valence electrons. The fourth-order valence-electron chi connectivity index (χ4n) is 1.41. The quantitative estimate of drug-likeness (QED) is 0.648. The minimum absolute atomic E-state index is 0.158. The standard InChI is InChI=1S/C15H28N2O5/c1-14(2,3)13(21)16-9-11(18)17-10(12(19)20)7-8-22-15(4,5)6/h10H,7-9H2,1-6H3,(H,16,21)(H,17,18)(H,19,20). The van der Waals surface area contributed by atoms with Gasteiger partial charge in [0.15, 0.2) is 0 Å². The van der Waals surface area contributed by atoms with E-state index in [2.05, 4.69) is 10.6 Å². The number of carboxylic acid groups (broad SMARTS) is 1. The highest BCUT2D eigenvalue weighted by molar-refractivity contribution is 5.89. The molecule has 22 heavy (non-hydrogen) atoms. The van der Waals surface area contributed by atoms with Crippen molar-refractivity contribution < 1.29 is 24.2 Å². The number of amides is 2. The molecule has 1 atom stereocenters. The number of hydrogen-bond donors (Lipinski definition) is 3. The predicted octanol–water partition coefficient (Wildman–Crippen LogP) is 0.923. The fraction of sp³-hybridized carbons (Fsp3) is 0.800. The average molecular weight is 316 g/mol. The zero-order valence-corrected chi connectivity index (χ0v) is 14.3. The van der Waals surface area contributed by atoms with Gasteiger partial charge < -0.3 is 20.5 Å². The molecule has 0 aliphatic heterocycles. The van der Waals surface area contributed by atoms with Crippen LogP contribution in [0.3, 0.4) is 0 Å². The number of nitrogens with one attached hydrogen (secondary N) is 2. The third-order valence-electron chi connectivity index (χ3n) is 2.67. The highest BCUT2D eigenvalue weighted by Crippen LogP contribution is 2.12. The van der Waals surface area contributed by atoms with Gasteiger partial charge >= 0.3 is 5.97 Å². The van der Waals surface area contributed by atoms with Crippen LogP contribution < -0.4 is 10.6 Å². The summed E-state index contributed by atoms with van der Waals surface area (Å²) < 4.78 is 5.45. The van der Waals surface area contributed by atoms with Crippen LogP contribution in [0.1, 0.15) is 48.0 Å². The van der Waals surface area contributed by atoms with E-state index in [0.717, 1.165) is 0 Å². The van der Waals surface area contributed by atoms with Crippen molar-refractivity contribution in [2.24, 2.45) is 5.41 Å². The molecule has 0 aromatic rings. The van der Waals surface area contributed by atoms with Gasteiger partial charge in [-0.1, -0.05) is 20.8 Å². The molecule has 1 unspecified atom stereocenters. The normalized spacial score (nSPS) is 13.4. The summed E-state index contributed by atoms with van der Waals surface area (Å²) in [4.78, 5) is 34.5. The van der Waals surface area contributed by atoms with Crippen LogP contribution in [-0.4, -0.2) is 47.7 Å². The van der Waals surface area contributed by atoms with Crippen molar-refractivity contribution >= 4 is 17.8 Å². The Balaban J connectivity index is 4.31. The highest BCUT2D eigenvalue weighted by atomic mass is 16.5. The molecule has 0 saturated heterocycles. The zero-order valence-electron chi connectivity index (χ0n) is 14.3.